The maximum Gasteiger partial charge on any atom is 0.00614 e. The summed E-state index contributed by atoms with van der Waals surface area (Å²) in [7, 11) is 2.02. The van der Waals surface area contributed by atoms with Gasteiger partial charge in [0.15, 0.2) is 0 Å². The van der Waals surface area contributed by atoms with Gasteiger partial charge >= 0.3 is 0 Å². The first kappa shape index (κ1) is 9.92. The molecule has 0 radical (unpaired) electrons. The van der Waals surface area contributed by atoms with Crippen LogP contribution in [-0.2, 0) is 0 Å². The van der Waals surface area contributed by atoms with Gasteiger partial charge in [-0.15, -0.1) is 0 Å². The Hall–Kier alpha value is -0.0800. The van der Waals surface area contributed by atoms with Gasteiger partial charge in [-0.2, -0.15) is 0 Å². The summed E-state index contributed by atoms with van der Waals surface area (Å²) in [5, 5.41) is 3.27. The zero-order valence-electron chi connectivity index (χ0n) is 7.19. The molecule has 0 fully saturated rings. The second kappa shape index (κ2) is 7.03. The average Bonchev–Trinajstić information content (AvgIpc) is 1.99. The molecule has 1 atom stereocenters. The van der Waals surface area contributed by atoms with E-state index in [-0.39, 0.29) is 0 Å². The number of rotatable bonds is 6. The lowest BCUT2D eigenvalue weighted by molar-refractivity contribution is 0.484. The smallest absolute Gasteiger partial charge is 0.00614 e. The molecule has 10 heavy (non-hydrogen) atoms. The van der Waals surface area contributed by atoms with Crippen LogP contribution in [0.15, 0.2) is 0 Å². The number of hydrogen-bond acceptors (Lipinski definition) is 2. The van der Waals surface area contributed by atoms with Gasteiger partial charge in [-0.25, -0.2) is 0 Å². The van der Waals surface area contributed by atoms with Crippen LogP contribution in [0.1, 0.15) is 32.6 Å². The highest BCUT2D eigenvalue weighted by atomic mass is 14.9. The molecule has 0 spiro atoms. The molecule has 0 heterocycles. The van der Waals surface area contributed by atoms with E-state index in [1.807, 2.05) is 7.05 Å². The van der Waals surface area contributed by atoms with Crippen molar-refractivity contribution in [1.29, 1.82) is 0 Å². The van der Waals surface area contributed by atoms with Crippen molar-refractivity contribution in [3.8, 4) is 0 Å². The van der Waals surface area contributed by atoms with Crippen LogP contribution in [0.5, 0.6) is 0 Å². The molecular weight excluding hydrogens is 124 g/mol. The van der Waals surface area contributed by atoms with E-state index in [0.717, 1.165) is 13.0 Å². The van der Waals surface area contributed by atoms with E-state index in [0.29, 0.717) is 6.04 Å². The highest BCUT2D eigenvalue weighted by Gasteiger charge is 2.00. The summed E-state index contributed by atoms with van der Waals surface area (Å²) < 4.78 is 0. The first-order chi connectivity index (χ1) is 4.85. The van der Waals surface area contributed by atoms with Gasteiger partial charge in [0.05, 0.1) is 0 Å². The molecule has 62 valence electrons. The Morgan fingerprint density at radius 2 is 2.10 bits per heavy atom. The van der Waals surface area contributed by atoms with E-state index in [9.17, 15) is 0 Å². The molecule has 3 N–H and O–H groups in total. The fraction of sp³-hybridized carbons (Fsp3) is 1.00. The van der Waals surface area contributed by atoms with Gasteiger partial charge in [0.1, 0.15) is 0 Å². The normalized spacial score (nSPS) is 13.5. The van der Waals surface area contributed by atoms with Crippen LogP contribution in [0.4, 0.5) is 0 Å². The topological polar surface area (TPSA) is 38.0 Å². The summed E-state index contributed by atoms with van der Waals surface area (Å²) in [6, 6.07) is 0.701. The average molecular weight is 144 g/mol. The maximum atomic E-state index is 5.38. The Morgan fingerprint density at radius 3 is 2.50 bits per heavy atom. The lowest BCUT2D eigenvalue weighted by atomic mass is 10.1. The van der Waals surface area contributed by atoms with E-state index < -0.39 is 0 Å². The molecule has 2 nitrogen and oxygen atoms in total. The molecule has 0 amide bonds. The van der Waals surface area contributed by atoms with Crippen LogP contribution in [0, 0.1) is 0 Å². The Morgan fingerprint density at radius 1 is 1.40 bits per heavy atom. The highest BCUT2D eigenvalue weighted by molar-refractivity contribution is 4.61. The summed E-state index contributed by atoms with van der Waals surface area (Å²) in [6.45, 7) is 3.05. The van der Waals surface area contributed by atoms with E-state index in [2.05, 4.69) is 12.2 Å². The van der Waals surface area contributed by atoms with Gasteiger partial charge in [-0.1, -0.05) is 13.3 Å². The van der Waals surface area contributed by atoms with Crippen LogP contribution in [-0.4, -0.2) is 19.6 Å². The molecule has 0 saturated carbocycles. The van der Waals surface area contributed by atoms with Gasteiger partial charge in [-0.05, 0) is 32.9 Å². The molecular formula is C8H20N2. The van der Waals surface area contributed by atoms with Gasteiger partial charge in [0, 0.05) is 6.04 Å². The predicted octanol–water partition coefficient (Wildman–Crippen LogP) is 1.11. The zero-order valence-corrected chi connectivity index (χ0v) is 7.19. The Bertz CT molecular complexity index is 60.3. The molecule has 0 aromatic rings. The van der Waals surface area contributed by atoms with Crippen LogP contribution >= 0.6 is 0 Å². The van der Waals surface area contributed by atoms with E-state index in [4.69, 9.17) is 5.73 Å². The van der Waals surface area contributed by atoms with Gasteiger partial charge in [0.2, 0.25) is 0 Å². The number of nitrogens with two attached hydrogens (primary N) is 1. The first-order valence-corrected chi connectivity index (χ1v) is 4.22. The van der Waals surface area contributed by atoms with Gasteiger partial charge < -0.3 is 11.1 Å². The van der Waals surface area contributed by atoms with Crippen molar-refractivity contribution in [2.45, 2.75) is 38.6 Å². The summed E-state index contributed by atoms with van der Waals surface area (Å²) in [5.74, 6) is 0. The third kappa shape index (κ3) is 4.77. The molecule has 0 rings (SSSR count). The Labute approximate surface area is 64.2 Å². The van der Waals surface area contributed by atoms with Crippen LogP contribution < -0.4 is 11.1 Å². The zero-order chi connectivity index (χ0) is 7.82. The minimum Gasteiger partial charge on any atom is -0.330 e. The predicted molar refractivity (Wildman–Crippen MR) is 46.0 cm³/mol. The fourth-order valence-electron chi connectivity index (χ4n) is 1.09. The lowest BCUT2D eigenvalue weighted by Crippen LogP contribution is -2.24. The largest absolute Gasteiger partial charge is 0.330 e. The summed E-state index contributed by atoms with van der Waals surface area (Å²) in [6.07, 6.45) is 4.92. The van der Waals surface area contributed by atoms with Gasteiger partial charge in [-0.3, -0.25) is 0 Å². The van der Waals surface area contributed by atoms with Crippen molar-refractivity contribution in [2.75, 3.05) is 13.6 Å². The molecule has 0 aliphatic heterocycles. The first-order valence-electron chi connectivity index (χ1n) is 4.22. The monoisotopic (exact) mass is 144 g/mol. The minimum absolute atomic E-state index is 0.701. The van der Waals surface area contributed by atoms with Gasteiger partial charge in [0.25, 0.3) is 0 Å². The Kier molecular flexibility index (Phi) is 6.98. The number of hydrogen-bond donors (Lipinski definition) is 2. The maximum absolute atomic E-state index is 5.38. The highest BCUT2D eigenvalue weighted by Crippen LogP contribution is 2.02. The molecule has 0 saturated heterocycles. The Balaban J connectivity index is 3.09. The third-order valence-corrected chi connectivity index (χ3v) is 1.91. The second-order valence-corrected chi connectivity index (χ2v) is 2.68. The molecule has 0 bridgehead atoms. The minimum atomic E-state index is 0.701. The summed E-state index contributed by atoms with van der Waals surface area (Å²) >= 11 is 0. The van der Waals surface area contributed by atoms with Crippen LogP contribution in [0.3, 0.4) is 0 Å². The number of unbranched alkanes of at least 4 members (excludes halogenated alkanes) is 1. The molecule has 0 aromatic carbocycles. The van der Waals surface area contributed by atoms with Crippen molar-refractivity contribution in [3.63, 3.8) is 0 Å². The van der Waals surface area contributed by atoms with Crippen molar-refractivity contribution in [2.24, 2.45) is 5.73 Å². The lowest BCUT2D eigenvalue weighted by Gasteiger charge is -2.12. The van der Waals surface area contributed by atoms with Crippen molar-refractivity contribution < 1.29 is 0 Å². The quantitative estimate of drug-likeness (QED) is 0.548. The van der Waals surface area contributed by atoms with Crippen molar-refractivity contribution in [3.05, 3.63) is 0 Å². The molecule has 0 aliphatic carbocycles. The molecule has 0 aliphatic rings. The number of nitrogens with one attached hydrogen (secondary N) is 1. The van der Waals surface area contributed by atoms with Crippen LogP contribution in [0.25, 0.3) is 0 Å². The van der Waals surface area contributed by atoms with Crippen molar-refractivity contribution >= 4 is 0 Å². The molecule has 0 aromatic heterocycles. The third-order valence-electron chi connectivity index (χ3n) is 1.91. The molecule has 2 heteroatoms. The molecule has 1 unspecified atom stereocenters. The second-order valence-electron chi connectivity index (χ2n) is 2.68. The summed E-state index contributed by atoms with van der Waals surface area (Å²) in [4.78, 5) is 0. The SMILES string of the molecule is CCC(CCCCN)NC. The van der Waals surface area contributed by atoms with Crippen molar-refractivity contribution in [1.82, 2.24) is 5.32 Å². The summed E-state index contributed by atoms with van der Waals surface area (Å²) in [5.41, 5.74) is 5.38. The van der Waals surface area contributed by atoms with E-state index in [1.165, 1.54) is 19.3 Å². The standard InChI is InChI=1S/C8H20N2/c1-3-8(10-2)6-4-5-7-9/h8,10H,3-7,9H2,1-2H3. The fourth-order valence-corrected chi connectivity index (χ4v) is 1.09. The van der Waals surface area contributed by atoms with E-state index >= 15 is 0 Å². The van der Waals surface area contributed by atoms with Crippen LogP contribution in [0.2, 0.25) is 0 Å². The van der Waals surface area contributed by atoms with E-state index in [1.54, 1.807) is 0 Å².